The molecule has 2 N–H and O–H groups in total. The summed E-state index contributed by atoms with van der Waals surface area (Å²) in [6.07, 6.45) is 0. The van der Waals surface area contributed by atoms with Crippen LogP contribution in [0.5, 0.6) is 0 Å². The van der Waals surface area contributed by atoms with Crippen molar-refractivity contribution in [2.75, 3.05) is 6.54 Å². The number of aliphatic imine (C=N–C) groups is 1. The maximum absolute atomic E-state index is 13.7. The van der Waals surface area contributed by atoms with E-state index in [2.05, 4.69) is 15.0 Å². The number of hydrogen-bond donors (Lipinski definition) is 2. The van der Waals surface area contributed by atoms with Crippen LogP contribution in [-0.2, 0) is 14.8 Å². The molecule has 1 aliphatic heterocycles. The van der Waals surface area contributed by atoms with Crippen LogP contribution in [0, 0.1) is 11.6 Å². The van der Waals surface area contributed by atoms with Gasteiger partial charge in [-0.05, 0) is 25.1 Å². The first kappa shape index (κ1) is 18.0. The molecular weight excluding hydrogens is 364 g/mol. The van der Waals surface area contributed by atoms with E-state index in [0.29, 0.717) is 5.56 Å². The van der Waals surface area contributed by atoms with E-state index in [1.165, 1.54) is 12.1 Å². The maximum Gasteiger partial charge on any atom is 0.263 e. The number of halogens is 2. The van der Waals surface area contributed by atoms with E-state index in [0.717, 1.165) is 12.1 Å². The van der Waals surface area contributed by atoms with Crippen molar-refractivity contribution in [1.29, 1.82) is 0 Å². The molecule has 0 unspecified atom stereocenters. The highest BCUT2D eigenvalue weighted by Gasteiger charge is 2.30. The number of nitrogens with zero attached hydrogens (tertiary/aromatic N) is 1. The predicted molar refractivity (Wildman–Crippen MR) is 91.1 cm³/mol. The normalized spacial score (nSPS) is 17.4. The van der Waals surface area contributed by atoms with Gasteiger partial charge in [-0.3, -0.25) is 14.5 Å². The third-order valence-electron chi connectivity index (χ3n) is 3.85. The number of benzene rings is 2. The third-order valence-corrected chi connectivity index (χ3v) is 5.25. The first-order chi connectivity index (χ1) is 12.3. The molecule has 26 heavy (non-hydrogen) atoms. The highest BCUT2D eigenvalue weighted by Crippen LogP contribution is 2.22. The van der Waals surface area contributed by atoms with Crippen molar-refractivity contribution >= 4 is 21.8 Å². The lowest BCUT2D eigenvalue weighted by Crippen LogP contribution is -2.30. The van der Waals surface area contributed by atoms with Gasteiger partial charge in [0.05, 0.1) is 10.9 Å². The fourth-order valence-corrected chi connectivity index (χ4v) is 3.87. The van der Waals surface area contributed by atoms with E-state index in [9.17, 15) is 22.0 Å². The minimum atomic E-state index is -3.68. The van der Waals surface area contributed by atoms with Gasteiger partial charge >= 0.3 is 0 Å². The Morgan fingerprint density at radius 2 is 1.96 bits per heavy atom. The van der Waals surface area contributed by atoms with Gasteiger partial charge in [0, 0.05) is 17.2 Å². The molecule has 136 valence electrons. The number of amides is 1. The number of fused-ring (bicyclic) bond motifs is 1. The van der Waals surface area contributed by atoms with Gasteiger partial charge in [-0.15, -0.1) is 0 Å². The Labute approximate surface area is 149 Å². The Morgan fingerprint density at radius 1 is 1.23 bits per heavy atom. The number of carbonyl (C=O) groups is 1. The fraction of sp³-hybridized carbons (Fsp3) is 0.176. The van der Waals surface area contributed by atoms with Gasteiger partial charge in [0.15, 0.2) is 0 Å². The zero-order valence-corrected chi connectivity index (χ0v) is 14.5. The number of nitrogens with one attached hydrogen (secondary N) is 2. The zero-order chi connectivity index (χ0) is 18.9. The lowest BCUT2D eigenvalue weighted by Gasteiger charge is -2.14. The van der Waals surface area contributed by atoms with Crippen LogP contribution < -0.4 is 10.0 Å². The molecular formula is C17H15F2N3O3S. The largest absolute Gasteiger partial charge is 0.348 e. The lowest BCUT2D eigenvalue weighted by atomic mass is 10.1. The van der Waals surface area contributed by atoms with Gasteiger partial charge in [-0.25, -0.2) is 17.2 Å². The summed E-state index contributed by atoms with van der Waals surface area (Å²) in [5.41, 5.74) is 0.525. The second kappa shape index (κ2) is 6.83. The molecule has 2 aromatic rings. The van der Waals surface area contributed by atoms with Crippen LogP contribution in [0.2, 0.25) is 0 Å². The van der Waals surface area contributed by atoms with Crippen molar-refractivity contribution < 1.29 is 22.0 Å². The molecule has 2 aromatic carbocycles. The smallest absolute Gasteiger partial charge is 0.263 e. The van der Waals surface area contributed by atoms with Crippen molar-refractivity contribution in [2.24, 2.45) is 4.99 Å². The fourth-order valence-electron chi connectivity index (χ4n) is 2.62. The SMILES string of the molecule is C[C@H](NC(=O)CN=C1NS(=O)(=O)c2ccccc21)c1ccc(F)cc1F. The molecule has 1 atom stereocenters. The Kier molecular flexibility index (Phi) is 4.73. The molecule has 6 nitrogen and oxygen atoms in total. The summed E-state index contributed by atoms with van der Waals surface area (Å²) >= 11 is 0. The second-order valence-corrected chi connectivity index (χ2v) is 7.37. The van der Waals surface area contributed by atoms with E-state index >= 15 is 0 Å². The molecule has 0 spiro atoms. The van der Waals surface area contributed by atoms with Crippen LogP contribution in [-0.4, -0.2) is 26.7 Å². The Morgan fingerprint density at radius 3 is 2.69 bits per heavy atom. The average Bonchev–Trinajstić information content (AvgIpc) is 2.84. The molecule has 1 aliphatic rings. The maximum atomic E-state index is 13.7. The van der Waals surface area contributed by atoms with Gasteiger partial charge in [0.2, 0.25) is 5.91 Å². The molecule has 9 heteroatoms. The van der Waals surface area contributed by atoms with Crippen molar-refractivity contribution in [3.8, 4) is 0 Å². The van der Waals surface area contributed by atoms with Gasteiger partial charge < -0.3 is 5.32 Å². The molecule has 0 saturated heterocycles. The first-order valence-electron chi connectivity index (χ1n) is 7.69. The van der Waals surface area contributed by atoms with Crippen LogP contribution in [0.25, 0.3) is 0 Å². The van der Waals surface area contributed by atoms with Gasteiger partial charge in [0.1, 0.15) is 24.0 Å². The van der Waals surface area contributed by atoms with Crippen molar-refractivity contribution in [2.45, 2.75) is 17.9 Å². The first-order valence-corrected chi connectivity index (χ1v) is 9.17. The molecule has 0 bridgehead atoms. The molecule has 1 amide bonds. The van der Waals surface area contributed by atoms with Gasteiger partial charge in [-0.1, -0.05) is 18.2 Å². The monoisotopic (exact) mass is 379 g/mol. The molecule has 0 aliphatic carbocycles. The minimum absolute atomic E-state index is 0.0800. The summed E-state index contributed by atoms with van der Waals surface area (Å²) in [6, 6.07) is 8.68. The number of rotatable bonds is 4. The number of sulfonamides is 1. The highest BCUT2D eigenvalue weighted by atomic mass is 32.2. The Balaban J connectivity index is 1.71. The standard InChI is InChI=1S/C17H15F2N3O3S/c1-10(12-7-6-11(18)8-14(12)19)21-16(23)9-20-17-13-4-2-3-5-15(13)26(24,25)22-17/h2-8,10H,9H2,1H3,(H,20,22)(H,21,23)/t10-/m0/s1. The van der Waals surface area contributed by atoms with E-state index in [-0.39, 0.29) is 22.8 Å². The van der Waals surface area contributed by atoms with Crippen LogP contribution >= 0.6 is 0 Å². The Bertz CT molecular complexity index is 1010. The van der Waals surface area contributed by atoms with Crippen LogP contribution in [0.4, 0.5) is 8.78 Å². The van der Waals surface area contributed by atoms with Gasteiger partial charge in [0.25, 0.3) is 10.0 Å². The summed E-state index contributed by atoms with van der Waals surface area (Å²) < 4.78 is 52.9. The lowest BCUT2D eigenvalue weighted by molar-refractivity contribution is -0.120. The van der Waals surface area contributed by atoms with E-state index < -0.39 is 33.6 Å². The average molecular weight is 379 g/mol. The highest BCUT2D eigenvalue weighted by molar-refractivity contribution is 7.90. The molecule has 1 heterocycles. The number of amidine groups is 1. The molecule has 0 saturated carbocycles. The minimum Gasteiger partial charge on any atom is -0.348 e. The summed E-state index contributed by atoms with van der Waals surface area (Å²) in [6.45, 7) is 1.20. The predicted octanol–water partition coefficient (Wildman–Crippen LogP) is 1.88. The summed E-state index contributed by atoms with van der Waals surface area (Å²) in [4.78, 5) is 16.1. The van der Waals surface area contributed by atoms with Crippen LogP contribution in [0.3, 0.4) is 0 Å². The van der Waals surface area contributed by atoms with Crippen molar-refractivity contribution in [3.05, 3.63) is 65.2 Å². The quantitative estimate of drug-likeness (QED) is 0.850. The van der Waals surface area contributed by atoms with Crippen LogP contribution in [0.1, 0.15) is 24.1 Å². The third kappa shape index (κ3) is 3.57. The second-order valence-electron chi connectivity index (χ2n) is 5.72. The molecule has 0 radical (unpaired) electrons. The van der Waals surface area contributed by atoms with E-state index in [4.69, 9.17) is 0 Å². The van der Waals surface area contributed by atoms with Crippen molar-refractivity contribution in [3.63, 3.8) is 0 Å². The topological polar surface area (TPSA) is 87.6 Å². The summed E-state index contributed by atoms with van der Waals surface area (Å²) in [5.74, 6) is -1.92. The van der Waals surface area contributed by atoms with Crippen LogP contribution in [0.15, 0.2) is 52.4 Å². The molecule has 0 fully saturated rings. The summed E-state index contributed by atoms with van der Waals surface area (Å²) in [7, 11) is -3.68. The molecule has 0 aromatic heterocycles. The number of carbonyl (C=O) groups excluding carboxylic acids is 1. The Hall–Kier alpha value is -2.81. The van der Waals surface area contributed by atoms with Gasteiger partial charge in [-0.2, -0.15) is 0 Å². The van der Waals surface area contributed by atoms with E-state index in [1.54, 1.807) is 25.1 Å². The number of hydrogen-bond acceptors (Lipinski definition) is 4. The summed E-state index contributed by atoms with van der Waals surface area (Å²) in [5, 5.41) is 2.54. The van der Waals surface area contributed by atoms with E-state index in [1.807, 2.05) is 0 Å². The molecule has 3 rings (SSSR count). The van der Waals surface area contributed by atoms with Crippen molar-refractivity contribution in [1.82, 2.24) is 10.0 Å². The zero-order valence-electron chi connectivity index (χ0n) is 13.7.